The Morgan fingerprint density at radius 1 is 1.04 bits per heavy atom. The van der Waals surface area contributed by atoms with Gasteiger partial charge in [-0.05, 0) is 61.6 Å². The van der Waals surface area contributed by atoms with E-state index in [1.54, 1.807) is 0 Å². The van der Waals surface area contributed by atoms with Gasteiger partial charge in [-0.3, -0.25) is 0 Å². The topological polar surface area (TPSA) is 23.5 Å². The summed E-state index contributed by atoms with van der Waals surface area (Å²) in [6, 6.07) is 9.00. The summed E-state index contributed by atoms with van der Waals surface area (Å²) in [5.74, 6) is 0. The third kappa shape index (κ3) is 3.01. The van der Waals surface area contributed by atoms with E-state index < -0.39 is 5.60 Å². The Morgan fingerprint density at radius 2 is 1.62 bits per heavy atom. The zero-order chi connectivity index (χ0) is 17.6. The van der Waals surface area contributed by atoms with Crippen LogP contribution in [0.15, 0.2) is 36.5 Å². The highest BCUT2D eigenvalue weighted by Crippen LogP contribution is 2.53. The van der Waals surface area contributed by atoms with Crippen LogP contribution < -0.4 is 4.90 Å². The van der Waals surface area contributed by atoms with Crippen LogP contribution in [0.2, 0.25) is 0 Å². The van der Waals surface area contributed by atoms with Crippen molar-refractivity contribution in [2.45, 2.75) is 77.2 Å². The molecule has 24 heavy (non-hydrogen) atoms. The largest absolute Gasteiger partial charge is 0.390 e. The molecule has 0 bridgehead atoms. The summed E-state index contributed by atoms with van der Waals surface area (Å²) in [5.41, 5.74) is 3.87. The van der Waals surface area contributed by atoms with Gasteiger partial charge < -0.3 is 10.0 Å². The average molecular weight is 328 g/mol. The lowest BCUT2D eigenvalue weighted by molar-refractivity contribution is -0.0266. The summed E-state index contributed by atoms with van der Waals surface area (Å²) in [5, 5.41) is 10.6. The SMILES string of the molecule is C=C1N(c2ccc(C(C)(C)C)cc2)CC[C@]12CC[C@@](O)(CC)CC2. The summed E-state index contributed by atoms with van der Waals surface area (Å²) in [7, 11) is 0. The van der Waals surface area contributed by atoms with Gasteiger partial charge in [0, 0.05) is 23.3 Å². The summed E-state index contributed by atoms with van der Waals surface area (Å²) in [6.45, 7) is 14.4. The van der Waals surface area contributed by atoms with Crippen LogP contribution in [0.5, 0.6) is 0 Å². The lowest BCUT2D eigenvalue weighted by atomic mass is 9.66. The molecule has 1 aromatic carbocycles. The second-order valence-electron chi connectivity index (χ2n) is 9.00. The molecule has 0 atom stereocenters. The van der Waals surface area contributed by atoms with Gasteiger partial charge in [-0.15, -0.1) is 0 Å². The number of nitrogens with zero attached hydrogens (tertiary/aromatic N) is 1. The van der Waals surface area contributed by atoms with Gasteiger partial charge in [0.15, 0.2) is 0 Å². The summed E-state index contributed by atoms with van der Waals surface area (Å²) >= 11 is 0. The van der Waals surface area contributed by atoms with Gasteiger partial charge in [-0.1, -0.05) is 46.4 Å². The highest BCUT2D eigenvalue weighted by atomic mass is 16.3. The van der Waals surface area contributed by atoms with Gasteiger partial charge in [0.05, 0.1) is 5.60 Å². The second kappa shape index (κ2) is 5.91. The van der Waals surface area contributed by atoms with Crippen LogP contribution in [-0.2, 0) is 5.41 Å². The molecule has 1 heterocycles. The number of hydrogen-bond acceptors (Lipinski definition) is 2. The zero-order valence-corrected chi connectivity index (χ0v) is 15.9. The van der Waals surface area contributed by atoms with Gasteiger partial charge in [0.2, 0.25) is 0 Å². The molecule has 0 radical (unpaired) electrons. The fourth-order valence-electron chi connectivity index (χ4n) is 4.40. The first-order chi connectivity index (χ1) is 11.2. The monoisotopic (exact) mass is 327 g/mol. The van der Waals surface area contributed by atoms with Crippen LogP contribution >= 0.6 is 0 Å². The lowest BCUT2D eigenvalue weighted by Gasteiger charge is -2.42. The average Bonchev–Trinajstić information content (AvgIpc) is 2.87. The van der Waals surface area contributed by atoms with Crippen molar-refractivity contribution in [2.24, 2.45) is 5.41 Å². The molecule has 1 aliphatic heterocycles. The van der Waals surface area contributed by atoms with E-state index in [4.69, 9.17) is 0 Å². The number of hydrogen-bond donors (Lipinski definition) is 1. The van der Waals surface area contributed by atoms with E-state index in [0.29, 0.717) is 0 Å². The van der Waals surface area contributed by atoms with Crippen LogP contribution in [0, 0.1) is 5.41 Å². The number of anilines is 1. The van der Waals surface area contributed by atoms with Crippen LogP contribution in [0.25, 0.3) is 0 Å². The molecule has 2 fully saturated rings. The third-order valence-electron chi connectivity index (χ3n) is 6.59. The minimum absolute atomic E-state index is 0.190. The summed E-state index contributed by atoms with van der Waals surface area (Å²) < 4.78 is 0. The van der Waals surface area contributed by atoms with E-state index in [0.717, 1.165) is 38.6 Å². The molecule has 1 spiro atoms. The van der Waals surface area contributed by atoms with Gasteiger partial charge in [0.1, 0.15) is 0 Å². The molecular weight excluding hydrogens is 294 g/mol. The van der Waals surface area contributed by atoms with Crippen molar-refractivity contribution in [1.29, 1.82) is 0 Å². The van der Waals surface area contributed by atoms with Gasteiger partial charge in [0.25, 0.3) is 0 Å². The number of aliphatic hydroxyl groups is 1. The first-order valence-corrected chi connectivity index (χ1v) is 9.49. The predicted octanol–water partition coefficient (Wildman–Crippen LogP) is 5.41. The van der Waals surface area contributed by atoms with Crippen LogP contribution in [0.4, 0.5) is 5.69 Å². The van der Waals surface area contributed by atoms with E-state index in [1.807, 2.05) is 0 Å². The van der Waals surface area contributed by atoms with E-state index in [-0.39, 0.29) is 10.8 Å². The van der Waals surface area contributed by atoms with E-state index >= 15 is 0 Å². The van der Waals surface area contributed by atoms with Crippen molar-refractivity contribution in [2.75, 3.05) is 11.4 Å². The van der Waals surface area contributed by atoms with E-state index in [1.165, 1.54) is 23.4 Å². The Hall–Kier alpha value is -1.28. The molecule has 3 rings (SSSR count). The van der Waals surface area contributed by atoms with Crippen molar-refractivity contribution < 1.29 is 5.11 Å². The first kappa shape index (κ1) is 17.5. The molecular formula is C22H33NO. The number of allylic oxidation sites excluding steroid dienone is 1. The Balaban J connectivity index is 1.75. The lowest BCUT2D eigenvalue weighted by Crippen LogP contribution is -2.38. The van der Waals surface area contributed by atoms with Crippen molar-refractivity contribution in [1.82, 2.24) is 0 Å². The Labute approximate surface area is 147 Å². The molecule has 2 aliphatic rings. The fourth-order valence-corrected chi connectivity index (χ4v) is 4.40. The van der Waals surface area contributed by atoms with Gasteiger partial charge >= 0.3 is 0 Å². The Bertz CT molecular complexity index is 600. The van der Waals surface area contributed by atoms with Crippen molar-refractivity contribution >= 4 is 5.69 Å². The first-order valence-electron chi connectivity index (χ1n) is 9.49. The Kier molecular flexibility index (Phi) is 4.32. The highest BCUT2D eigenvalue weighted by Gasteiger charge is 2.47. The molecule has 0 aromatic heterocycles. The number of rotatable bonds is 2. The quantitative estimate of drug-likeness (QED) is 0.785. The third-order valence-corrected chi connectivity index (χ3v) is 6.59. The number of benzene rings is 1. The normalized spacial score (nSPS) is 31.0. The molecule has 2 heteroatoms. The molecule has 132 valence electrons. The maximum atomic E-state index is 10.6. The molecule has 2 nitrogen and oxygen atoms in total. The minimum atomic E-state index is -0.437. The smallest absolute Gasteiger partial charge is 0.0645 e. The van der Waals surface area contributed by atoms with E-state index in [2.05, 4.69) is 63.4 Å². The van der Waals surface area contributed by atoms with Crippen LogP contribution in [0.3, 0.4) is 0 Å². The molecule has 1 N–H and O–H groups in total. The second-order valence-corrected chi connectivity index (χ2v) is 9.00. The molecule has 0 unspecified atom stereocenters. The van der Waals surface area contributed by atoms with Crippen LogP contribution in [-0.4, -0.2) is 17.3 Å². The van der Waals surface area contributed by atoms with E-state index in [9.17, 15) is 5.11 Å². The standard InChI is InChI=1S/C22H33NO/c1-6-22(24)13-11-21(12-14-22)15-16-23(17(21)2)19-9-7-18(8-10-19)20(3,4)5/h7-10,24H,2,6,11-16H2,1,3-5H3/t21-,22+. The predicted molar refractivity (Wildman–Crippen MR) is 102 cm³/mol. The molecule has 1 aromatic rings. The van der Waals surface area contributed by atoms with Crippen LogP contribution in [0.1, 0.15) is 71.8 Å². The maximum absolute atomic E-state index is 10.6. The summed E-state index contributed by atoms with van der Waals surface area (Å²) in [6.07, 6.45) is 6.03. The van der Waals surface area contributed by atoms with Gasteiger partial charge in [-0.25, -0.2) is 0 Å². The molecule has 1 saturated heterocycles. The van der Waals surface area contributed by atoms with Gasteiger partial charge in [-0.2, -0.15) is 0 Å². The minimum Gasteiger partial charge on any atom is -0.390 e. The fraction of sp³-hybridized carbons (Fsp3) is 0.636. The van der Waals surface area contributed by atoms with Crippen molar-refractivity contribution in [3.8, 4) is 0 Å². The van der Waals surface area contributed by atoms with Crippen molar-refractivity contribution in [3.05, 3.63) is 42.1 Å². The summed E-state index contributed by atoms with van der Waals surface area (Å²) in [4.78, 5) is 2.41. The van der Waals surface area contributed by atoms with Crippen molar-refractivity contribution in [3.63, 3.8) is 0 Å². The highest BCUT2D eigenvalue weighted by molar-refractivity contribution is 5.56. The molecule has 1 aliphatic carbocycles. The zero-order valence-electron chi connectivity index (χ0n) is 15.9. The Morgan fingerprint density at radius 3 is 2.12 bits per heavy atom. The maximum Gasteiger partial charge on any atom is 0.0645 e. The molecule has 0 amide bonds. The molecule has 1 saturated carbocycles.